The van der Waals surface area contributed by atoms with Gasteiger partial charge >= 0.3 is 0 Å². The second-order valence-corrected chi connectivity index (χ2v) is 2.15. The van der Waals surface area contributed by atoms with E-state index in [0.717, 1.165) is 6.42 Å². The van der Waals surface area contributed by atoms with Crippen molar-refractivity contribution in [1.29, 1.82) is 0 Å². The van der Waals surface area contributed by atoms with Gasteiger partial charge in [0.15, 0.2) is 0 Å². The van der Waals surface area contributed by atoms with E-state index in [1.54, 1.807) is 0 Å². The third-order valence-corrected chi connectivity index (χ3v) is 1.38. The van der Waals surface area contributed by atoms with Crippen molar-refractivity contribution >= 4 is 0 Å². The van der Waals surface area contributed by atoms with Gasteiger partial charge in [0, 0.05) is 0 Å². The number of hydrogen-bond acceptors (Lipinski definition) is 0. The van der Waals surface area contributed by atoms with Crippen LogP contribution in [-0.4, -0.2) is 0 Å². The van der Waals surface area contributed by atoms with E-state index < -0.39 is 0 Å². The summed E-state index contributed by atoms with van der Waals surface area (Å²) in [6, 6.07) is 6.55. The molecule has 0 aliphatic heterocycles. The zero-order valence-corrected chi connectivity index (χ0v) is 5.44. The van der Waals surface area contributed by atoms with Gasteiger partial charge in [-0.25, -0.2) is 6.07 Å². The van der Waals surface area contributed by atoms with E-state index in [9.17, 15) is 0 Å². The van der Waals surface area contributed by atoms with Crippen molar-refractivity contribution in [2.45, 2.75) is 20.3 Å². The predicted octanol–water partition coefficient (Wildman–Crippen LogP) is 2.28. The molecule has 1 rings (SSSR count). The lowest BCUT2D eigenvalue weighted by Gasteiger charge is -1.92. The fourth-order valence-corrected chi connectivity index (χ4v) is 0.847. The van der Waals surface area contributed by atoms with Gasteiger partial charge in [-0.05, 0) is 0 Å². The molecule has 0 fully saturated rings. The Kier molecular flexibility index (Phi) is 1.43. The molecule has 0 spiro atoms. The van der Waals surface area contributed by atoms with Crippen LogP contribution in [0.15, 0.2) is 18.2 Å². The van der Waals surface area contributed by atoms with Crippen molar-refractivity contribution in [1.82, 2.24) is 0 Å². The first kappa shape index (κ1) is 5.49. The molecule has 0 saturated carbocycles. The minimum absolute atomic E-state index is 1.16. The van der Waals surface area contributed by atoms with E-state index >= 15 is 0 Å². The normalized spacial score (nSPS) is 9.75. The number of rotatable bonds is 1. The van der Waals surface area contributed by atoms with Crippen LogP contribution in [-0.2, 0) is 6.42 Å². The molecule has 0 N–H and O–H groups in total. The topological polar surface area (TPSA) is 0 Å². The maximum Gasteiger partial charge on any atom is -0.0635 e. The lowest BCUT2D eigenvalue weighted by Crippen LogP contribution is -1.67. The van der Waals surface area contributed by atoms with Gasteiger partial charge in [0.05, 0.1) is 0 Å². The van der Waals surface area contributed by atoms with Crippen molar-refractivity contribution < 1.29 is 0 Å². The molecule has 0 amide bonds. The maximum absolute atomic E-state index is 2.22. The van der Waals surface area contributed by atoms with Crippen molar-refractivity contribution in [2.75, 3.05) is 0 Å². The Morgan fingerprint density at radius 2 is 2.38 bits per heavy atom. The Morgan fingerprint density at radius 3 is 2.62 bits per heavy atom. The molecule has 0 aliphatic carbocycles. The zero-order valence-electron chi connectivity index (χ0n) is 5.44. The quantitative estimate of drug-likeness (QED) is 0.483. The molecular formula is C8H11-. The zero-order chi connectivity index (χ0) is 5.98. The molecule has 0 radical (unpaired) electrons. The van der Waals surface area contributed by atoms with Crippen molar-refractivity contribution in [3.63, 3.8) is 0 Å². The largest absolute Gasteiger partial charge is 0.208 e. The van der Waals surface area contributed by atoms with E-state index in [4.69, 9.17) is 0 Å². The molecule has 0 aliphatic rings. The molecule has 0 bridgehead atoms. The maximum atomic E-state index is 2.22. The van der Waals surface area contributed by atoms with Crippen LogP contribution < -0.4 is 0 Å². The summed E-state index contributed by atoms with van der Waals surface area (Å²) in [5.74, 6) is 0. The first-order valence-electron chi connectivity index (χ1n) is 3.05. The van der Waals surface area contributed by atoms with E-state index in [0.29, 0.717) is 0 Å². The van der Waals surface area contributed by atoms with Crippen LogP contribution in [0.3, 0.4) is 0 Å². The van der Waals surface area contributed by atoms with Gasteiger partial charge in [-0.3, -0.25) is 0 Å². The van der Waals surface area contributed by atoms with Crippen LogP contribution in [0.2, 0.25) is 0 Å². The van der Waals surface area contributed by atoms with Gasteiger partial charge in [0.2, 0.25) is 0 Å². The fourth-order valence-electron chi connectivity index (χ4n) is 0.847. The second kappa shape index (κ2) is 2.08. The molecule has 0 unspecified atom stereocenters. The van der Waals surface area contributed by atoms with Crippen molar-refractivity contribution in [3.05, 3.63) is 29.3 Å². The molecule has 0 nitrogen and oxygen atoms in total. The van der Waals surface area contributed by atoms with Gasteiger partial charge in [-0.1, -0.05) is 20.3 Å². The molecule has 44 valence electrons. The highest BCUT2D eigenvalue weighted by molar-refractivity contribution is 5.24. The summed E-state index contributed by atoms with van der Waals surface area (Å²) in [5.41, 5.74) is 2.82. The highest BCUT2D eigenvalue weighted by Gasteiger charge is 1.76. The van der Waals surface area contributed by atoms with Crippen molar-refractivity contribution in [2.24, 2.45) is 0 Å². The lowest BCUT2D eigenvalue weighted by atomic mass is 10.2. The molecule has 0 heteroatoms. The molecule has 1 aromatic carbocycles. The van der Waals surface area contributed by atoms with E-state index in [-0.39, 0.29) is 0 Å². The Morgan fingerprint density at radius 1 is 1.62 bits per heavy atom. The van der Waals surface area contributed by atoms with Crippen LogP contribution >= 0.6 is 0 Å². The van der Waals surface area contributed by atoms with Gasteiger partial charge in [-0.15, -0.1) is 0 Å². The van der Waals surface area contributed by atoms with Crippen LogP contribution in [0.25, 0.3) is 0 Å². The molecule has 1 aromatic rings. The first-order chi connectivity index (χ1) is 3.83. The average molecular weight is 107 g/mol. The monoisotopic (exact) mass is 107 g/mol. The second-order valence-electron chi connectivity index (χ2n) is 2.15. The Labute approximate surface area is 50.5 Å². The first-order valence-corrected chi connectivity index (χ1v) is 3.05. The molecular weight excluding hydrogens is 96.1 g/mol. The van der Waals surface area contributed by atoms with Crippen LogP contribution in [0.4, 0.5) is 0 Å². The summed E-state index contributed by atoms with van der Waals surface area (Å²) < 4.78 is 0. The van der Waals surface area contributed by atoms with Crippen LogP contribution in [0, 0.1) is 6.92 Å². The summed E-state index contributed by atoms with van der Waals surface area (Å²) in [5, 5.41) is 0. The summed E-state index contributed by atoms with van der Waals surface area (Å²) in [6.45, 7) is 4.30. The highest BCUT2D eigenvalue weighted by Crippen LogP contribution is 2.05. The lowest BCUT2D eigenvalue weighted by molar-refractivity contribution is 1.15. The van der Waals surface area contributed by atoms with Gasteiger partial charge in [0.25, 0.3) is 0 Å². The standard InChI is InChI=1S/C8H11/c1-3-8-5-4-7(2)6-8/h4-6H,3H2,1-2H3/q-1. The molecule has 0 aromatic heterocycles. The number of aryl methyl sites for hydroxylation is 2. The molecule has 8 heavy (non-hydrogen) atoms. The third-order valence-electron chi connectivity index (χ3n) is 1.38. The van der Waals surface area contributed by atoms with Crippen LogP contribution in [0.1, 0.15) is 18.1 Å². The van der Waals surface area contributed by atoms with E-state index in [2.05, 4.69) is 32.0 Å². The Hall–Kier alpha value is -0.650. The summed E-state index contributed by atoms with van der Waals surface area (Å²) >= 11 is 0. The fraction of sp³-hybridized carbons (Fsp3) is 0.375. The van der Waals surface area contributed by atoms with Crippen LogP contribution in [0.5, 0.6) is 0 Å². The SMILES string of the molecule is CCc1c[cH-]c(C)c1. The summed E-state index contributed by atoms with van der Waals surface area (Å²) in [7, 11) is 0. The summed E-state index contributed by atoms with van der Waals surface area (Å²) in [6.07, 6.45) is 1.16. The molecule has 0 atom stereocenters. The van der Waals surface area contributed by atoms with E-state index in [1.165, 1.54) is 11.1 Å². The minimum Gasteiger partial charge on any atom is -0.208 e. The number of hydrogen-bond donors (Lipinski definition) is 0. The predicted molar refractivity (Wildman–Crippen MR) is 36.1 cm³/mol. The third kappa shape index (κ3) is 0.945. The van der Waals surface area contributed by atoms with E-state index in [1.807, 2.05) is 0 Å². The molecule has 0 saturated heterocycles. The highest BCUT2D eigenvalue weighted by atomic mass is 13.9. The van der Waals surface area contributed by atoms with Gasteiger partial charge in [0.1, 0.15) is 0 Å². The van der Waals surface area contributed by atoms with Crippen molar-refractivity contribution in [3.8, 4) is 0 Å². The smallest absolute Gasteiger partial charge is 0.0635 e. The molecule has 0 heterocycles. The van der Waals surface area contributed by atoms with Gasteiger partial charge in [-0.2, -0.15) is 23.3 Å². The minimum atomic E-state index is 1.16. The Balaban J connectivity index is 2.84. The van der Waals surface area contributed by atoms with Gasteiger partial charge < -0.3 is 0 Å². The average Bonchev–Trinajstić information content (AvgIpc) is 2.14. The summed E-state index contributed by atoms with van der Waals surface area (Å²) in [4.78, 5) is 0. The Bertz CT molecular complexity index is 160.